The molecule has 0 unspecified atom stereocenters. The quantitative estimate of drug-likeness (QED) is 0.558. The minimum absolute atomic E-state index is 0.401. The average molecular weight is 394 g/mol. The third-order valence-electron chi connectivity index (χ3n) is 4.48. The molecule has 0 atom stereocenters. The van der Waals surface area contributed by atoms with Crippen LogP contribution in [-0.4, -0.2) is 42.5 Å². The van der Waals surface area contributed by atoms with E-state index in [0.717, 1.165) is 24.5 Å². The van der Waals surface area contributed by atoms with Crippen LogP contribution in [0.5, 0.6) is 11.5 Å². The number of ether oxygens (including phenoxy) is 2. The predicted octanol–water partition coefficient (Wildman–Crippen LogP) is 4.22. The van der Waals surface area contributed by atoms with Gasteiger partial charge in [-0.2, -0.15) is 10.1 Å². The summed E-state index contributed by atoms with van der Waals surface area (Å²) >= 11 is 0. The summed E-state index contributed by atoms with van der Waals surface area (Å²) in [6.45, 7) is 6.23. The highest BCUT2D eigenvalue weighted by Crippen LogP contribution is 2.31. The first-order valence-corrected chi connectivity index (χ1v) is 9.47. The van der Waals surface area contributed by atoms with Crippen LogP contribution in [0.15, 0.2) is 48.7 Å². The zero-order valence-electron chi connectivity index (χ0n) is 17.1. The molecule has 8 nitrogen and oxygen atoms in total. The number of nitrogens with one attached hydrogen (secondary N) is 2. The number of hydrogen-bond donors (Lipinski definition) is 2. The lowest BCUT2D eigenvalue weighted by molar-refractivity contribution is 0.395. The van der Waals surface area contributed by atoms with E-state index in [1.165, 1.54) is 5.69 Å². The summed E-state index contributed by atoms with van der Waals surface area (Å²) in [5.74, 6) is 2.30. The fraction of sp³-hybridized carbons (Fsp3) is 0.286. The molecule has 8 heteroatoms. The second-order valence-corrected chi connectivity index (χ2v) is 6.20. The summed E-state index contributed by atoms with van der Waals surface area (Å²) in [4.78, 5) is 6.76. The summed E-state index contributed by atoms with van der Waals surface area (Å²) in [6, 6.07) is 13.7. The Morgan fingerprint density at radius 1 is 0.931 bits per heavy atom. The van der Waals surface area contributed by atoms with Crippen LogP contribution in [0.25, 0.3) is 0 Å². The molecule has 3 rings (SSSR count). The van der Waals surface area contributed by atoms with Gasteiger partial charge in [0.25, 0.3) is 0 Å². The van der Waals surface area contributed by atoms with Gasteiger partial charge >= 0.3 is 0 Å². The molecular weight excluding hydrogens is 368 g/mol. The molecule has 2 aromatic carbocycles. The van der Waals surface area contributed by atoms with Crippen LogP contribution in [0.4, 0.5) is 28.8 Å². The lowest BCUT2D eigenvalue weighted by Crippen LogP contribution is -2.21. The fourth-order valence-corrected chi connectivity index (χ4v) is 2.93. The van der Waals surface area contributed by atoms with Gasteiger partial charge in [0.15, 0.2) is 5.82 Å². The van der Waals surface area contributed by atoms with Gasteiger partial charge < -0.3 is 25.0 Å². The lowest BCUT2D eigenvalue weighted by atomic mass is 10.2. The number of benzene rings is 2. The van der Waals surface area contributed by atoms with Crippen molar-refractivity contribution in [2.24, 2.45) is 0 Å². The van der Waals surface area contributed by atoms with E-state index >= 15 is 0 Å². The van der Waals surface area contributed by atoms with E-state index in [2.05, 4.69) is 56.7 Å². The van der Waals surface area contributed by atoms with Crippen molar-refractivity contribution in [2.45, 2.75) is 13.8 Å². The molecule has 0 aliphatic rings. The largest absolute Gasteiger partial charge is 0.497 e. The maximum Gasteiger partial charge on any atom is 0.249 e. The Morgan fingerprint density at radius 3 is 2.34 bits per heavy atom. The Kier molecular flexibility index (Phi) is 6.67. The highest BCUT2D eigenvalue weighted by Gasteiger charge is 2.08. The Hall–Kier alpha value is -3.55. The van der Waals surface area contributed by atoms with E-state index in [4.69, 9.17) is 9.47 Å². The molecule has 0 aliphatic heterocycles. The standard InChI is InChI=1S/C21H26N6O2/c1-5-27(6-2)16-9-7-15(8-10-16)23-21-25-20(14-22-26-21)24-18-12-11-17(28-3)13-19(18)29-4/h7-14H,5-6H2,1-4H3,(H2,23,24,25,26). The predicted molar refractivity (Wildman–Crippen MR) is 116 cm³/mol. The van der Waals surface area contributed by atoms with Gasteiger partial charge in [-0.3, -0.25) is 0 Å². The summed E-state index contributed by atoms with van der Waals surface area (Å²) in [5.41, 5.74) is 2.83. The van der Waals surface area contributed by atoms with Gasteiger partial charge in [0.1, 0.15) is 11.5 Å². The molecular formula is C21H26N6O2. The van der Waals surface area contributed by atoms with Crippen LogP contribution in [0.2, 0.25) is 0 Å². The van der Waals surface area contributed by atoms with E-state index in [9.17, 15) is 0 Å². The smallest absolute Gasteiger partial charge is 0.249 e. The number of methoxy groups -OCH3 is 2. The van der Waals surface area contributed by atoms with Crippen LogP contribution in [0, 0.1) is 0 Å². The number of nitrogens with zero attached hydrogens (tertiary/aromatic N) is 4. The zero-order valence-corrected chi connectivity index (χ0v) is 17.1. The topological polar surface area (TPSA) is 84.4 Å². The number of aromatic nitrogens is 3. The van der Waals surface area contributed by atoms with Crippen molar-refractivity contribution >= 4 is 28.8 Å². The normalized spacial score (nSPS) is 10.3. The second-order valence-electron chi connectivity index (χ2n) is 6.20. The summed E-state index contributed by atoms with van der Waals surface area (Å²) in [6.07, 6.45) is 1.55. The molecule has 3 aromatic rings. The highest BCUT2D eigenvalue weighted by atomic mass is 16.5. The van der Waals surface area contributed by atoms with E-state index in [0.29, 0.717) is 23.3 Å². The molecule has 0 radical (unpaired) electrons. The fourth-order valence-electron chi connectivity index (χ4n) is 2.93. The molecule has 0 spiro atoms. The first-order chi connectivity index (χ1) is 14.2. The molecule has 0 fully saturated rings. The molecule has 29 heavy (non-hydrogen) atoms. The number of anilines is 5. The molecule has 0 saturated carbocycles. The molecule has 0 amide bonds. The van der Waals surface area contributed by atoms with E-state index in [-0.39, 0.29) is 0 Å². The summed E-state index contributed by atoms with van der Waals surface area (Å²) in [5, 5.41) is 14.5. The SMILES string of the molecule is CCN(CC)c1ccc(Nc2nncc(Nc3ccc(OC)cc3OC)n2)cc1. The minimum atomic E-state index is 0.401. The molecule has 1 aromatic heterocycles. The van der Waals surface area contributed by atoms with Crippen molar-refractivity contribution in [1.82, 2.24) is 15.2 Å². The Morgan fingerprint density at radius 2 is 1.69 bits per heavy atom. The number of hydrogen-bond acceptors (Lipinski definition) is 8. The van der Waals surface area contributed by atoms with Gasteiger partial charge in [-0.05, 0) is 50.2 Å². The van der Waals surface area contributed by atoms with Gasteiger partial charge in [-0.1, -0.05) is 0 Å². The highest BCUT2D eigenvalue weighted by molar-refractivity contribution is 5.66. The third-order valence-corrected chi connectivity index (χ3v) is 4.48. The molecule has 152 valence electrons. The third kappa shape index (κ3) is 5.04. The summed E-state index contributed by atoms with van der Waals surface area (Å²) < 4.78 is 10.6. The van der Waals surface area contributed by atoms with Gasteiger partial charge in [0.2, 0.25) is 5.95 Å². The summed E-state index contributed by atoms with van der Waals surface area (Å²) in [7, 11) is 3.22. The van der Waals surface area contributed by atoms with Crippen LogP contribution in [0.3, 0.4) is 0 Å². The van der Waals surface area contributed by atoms with Crippen molar-refractivity contribution in [1.29, 1.82) is 0 Å². The Balaban J connectivity index is 1.73. The van der Waals surface area contributed by atoms with Gasteiger partial charge in [0, 0.05) is 30.5 Å². The monoisotopic (exact) mass is 394 g/mol. The molecule has 2 N–H and O–H groups in total. The van der Waals surface area contributed by atoms with Crippen molar-refractivity contribution in [3.8, 4) is 11.5 Å². The second kappa shape index (κ2) is 9.59. The van der Waals surface area contributed by atoms with Gasteiger partial charge in [0.05, 0.1) is 26.1 Å². The van der Waals surface area contributed by atoms with Crippen LogP contribution < -0.4 is 25.0 Å². The first kappa shape index (κ1) is 20.2. The van der Waals surface area contributed by atoms with E-state index in [1.807, 2.05) is 24.3 Å². The van der Waals surface area contributed by atoms with Gasteiger partial charge in [-0.25, -0.2) is 0 Å². The van der Waals surface area contributed by atoms with Crippen LogP contribution in [0.1, 0.15) is 13.8 Å². The Labute approximate surface area is 170 Å². The van der Waals surface area contributed by atoms with E-state index < -0.39 is 0 Å². The van der Waals surface area contributed by atoms with Crippen molar-refractivity contribution in [3.05, 3.63) is 48.7 Å². The average Bonchev–Trinajstić information content (AvgIpc) is 2.76. The molecule has 0 saturated heterocycles. The maximum absolute atomic E-state index is 5.41. The van der Waals surface area contributed by atoms with E-state index in [1.54, 1.807) is 26.5 Å². The Bertz CT molecular complexity index is 929. The van der Waals surface area contributed by atoms with Crippen molar-refractivity contribution in [3.63, 3.8) is 0 Å². The zero-order chi connectivity index (χ0) is 20.6. The van der Waals surface area contributed by atoms with Crippen LogP contribution in [-0.2, 0) is 0 Å². The minimum Gasteiger partial charge on any atom is -0.497 e. The van der Waals surface area contributed by atoms with Crippen molar-refractivity contribution in [2.75, 3.05) is 42.8 Å². The van der Waals surface area contributed by atoms with Crippen molar-refractivity contribution < 1.29 is 9.47 Å². The number of rotatable bonds is 9. The molecule has 1 heterocycles. The first-order valence-electron chi connectivity index (χ1n) is 9.47. The molecule has 0 aliphatic carbocycles. The van der Waals surface area contributed by atoms with Gasteiger partial charge in [-0.15, -0.1) is 5.10 Å². The lowest BCUT2D eigenvalue weighted by Gasteiger charge is -2.21. The maximum atomic E-state index is 5.41. The molecule has 0 bridgehead atoms. The van der Waals surface area contributed by atoms with Crippen LogP contribution >= 0.6 is 0 Å².